The summed E-state index contributed by atoms with van der Waals surface area (Å²) in [6.45, 7) is 15.6. The molecule has 8 aliphatic rings. The topological polar surface area (TPSA) is 337 Å². The molecule has 0 unspecified atom stereocenters. The highest BCUT2D eigenvalue weighted by Gasteiger charge is 2.72. The van der Waals surface area contributed by atoms with E-state index in [1.165, 1.54) is 0 Å². The third-order valence-corrected chi connectivity index (χ3v) is 20.1. The third-order valence-electron chi connectivity index (χ3n) is 20.1. The molecule has 0 aromatic rings. The Labute approximate surface area is 428 Å². The molecule has 8 rings (SSSR count). The van der Waals surface area contributed by atoms with Crippen LogP contribution in [0.4, 0.5) is 0 Å². The van der Waals surface area contributed by atoms with Gasteiger partial charge in [0, 0.05) is 0 Å². The summed E-state index contributed by atoms with van der Waals surface area (Å²) in [4.78, 5) is 0. The fraction of sp³-hybridized carbons (Fsp3) is 0.962. The van der Waals surface area contributed by atoms with Crippen LogP contribution in [0.5, 0.6) is 0 Å². The minimum absolute atomic E-state index is 0.117. The van der Waals surface area contributed by atoms with Gasteiger partial charge >= 0.3 is 0 Å². The van der Waals surface area contributed by atoms with Crippen molar-refractivity contribution in [1.82, 2.24) is 0 Å². The standard InChI is InChI=1S/C52H88O21/c1-23(2)10-9-14-52(8,73-47-41(64)38(61)36(59)29(70-47)22-68-44-42(65)43(27(56)21-66-44)72-45-39(62)34(57)26(55)20-67-45)24-11-16-51(7)33(24)25(54)18-31-49(5)15-13-32(48(3,4)30(49)12-17-50(31,51)6)71-46-40(63)37(60)35(58)28(19-53)69-46/h10,24-47,53-65H,9,11-22H2,1-8H3/t24-,25+,26+,27+,28+,29+,30-,31+,32-,33-,34-,35+,36+,37-,38-,39+,40+,41+,42+,43-,44-,45-,46-,47-,49-,50+,51+,52-/m0/s1. The first kappa shape index (κ1) is 58.1. The molecule has 8 fully saturated rings. The van der Waals surface area contributed by atoms with E-state index in [1.54, 1.807) is 0 Å². The largest absolute Gasteiger partial charge is 0.394 e. The number of ether oxygens (including phenoxy) is 8. The molecular formula is C52H88O21. The molecule has 73 heavy (non-hydrogen) atoms. The molecule has 4 saturated carbocycles. The molecule has 0 spiro atoms. The van der Waals surface area contributed by atoms with E-state index < -0.39 is 141 Å². The lowest BCUT2D eigenvalue weighted by molar-refractivity contribution is -0.353. The first-order valence-corrected chi connectivity index (χ1v) is 26.7. The van der Waals surface area contributed by atoms with Crippen LogP contribution in [0.1, 0.15) is 113 Å². The molecule has 0 aromatic carbocycles. The van der Waals surface area contributed by atoms with Gasteiger partial charge in [-0.05, 0) is 124 Å². The fourth-order valence-electron chi connectivity index (χ4n) is 15.7. The Hall–Kier alpha value is -1.10. The van der Waals surface area contributed by atoms with Crippen LogP contribution in [0.2, 0.25) is 0 Å². The van der Waals surface area contributed by atoms with Crippen molar-refractivity contribution in [2.75, 3.05) is 26.4 Å². The Morgan fingerprint density at radius 1 is 0.603 bits per heavy atom. The van der Waals surface area contributed by atoms with Gasteiger partial charge in [-0.25, -0.2) is 0 Å². The highest BCUT2D eigenvalue weighted by atomic mass is 16.7. The molecule has 4 aliphatic heterocycles. The summed E-state index contributed by atoms with van der Waals surface area (Å²) in [6, 6.07) is 0. The molecule has 21 heteroatoms. The van der Waals surface area contributed by atoms with Gasteiger partial charge in [0.15, 0.2) is 25.2 Å². The van der Waals surface area contributed by atoms with E-state index in [2.05, 4.69) is 40.7 Å². The second-order valence-electron chi connectivity index (χ2n) is 24.8. The van der Waals surface area contributed by atoms with Crippen LogP contribution < -0.4 is 0 Å². The Morgan fingerprint density at radius 3 is 1.88 bits per heavy atom. The molecule has 0 amide bonds. The number of rotatable bonds is 14. The Balaban J connectivity index is 0.980. The normalized spacial score (nSPS) is 52.8. The predicted molar refractivity (Wildman–Crippen MR) is 254 cm³/mol. The summed E-state index contributed by atoms with van der Waals surface area (Å²) in [7, 11) is 0. The molecule has 13 N–H and O–H groups in total. The number of aliphatic hydroxyl groups is 13. The van der Waals surface area contributed by atoms with Crippen molar-refractivity contribution in [3.8, 4) is 0 Å². The van der Waals surface area contributed by atoms with E-state index in [9.17, 15) is 66.4 Å². The number of hydrogen-bond acceptors (Lipinski definition) is 21. The van der Waals surface area contributed by atoms with Crippen LogP contribution in [-0.2, 0) is 37.9 Å². The van der Waals surface area contributed by atoms with Crippen LogP contribution in [0, 0.1) is 45.3 Å². The van der Waals surface area contributed by atoms with E-state index in [0.717, 1.165) is 31.3 Å². The molecule has 21 nitrogen and oxygen atoms in total. The Kier molecular flexibility index (Phi) is 17.4. The maximum atomic E-state index is 12.8. The van der Waals surface area contributed by atoms with E-state index in [-0.39, 0.29) is 59.2 Å². The van der Waals surface area contributed by atoms with Crippen LogP contribution in [0.25, 0.3) is 0 Å². The van der Waals surface area contributed by atoms with Gasteiger partial charge in [-0.2, -0.15) is 0 Å². The summed E-state index contributed by atoms with van der Waals surface area (Å²) >= 11 is 0. The van der Waals surface area contributed by atoms with Crippen molar-refractivity contribution in [3.63, 3.8) is 0 Å². The SMILES string of the molecule is CC(C)=CCC[C@](C)(O[C@@H]1O[C@H](CO[C@@H]2OC[C@@H](O)[C@H](O[C@@H]3OC[C@@H](O)[C@H](O)[C@H]3O)[C@H]2O)[C@@H](O)[C@H](O)[C@H]1O)[C@H]1CC[C@]2(C)[C@@H]1[C@H](O)C[C@@H]1[C@@]3(C)CC[C@H](O[C@@H]4O[C@H](CO)[C@@H](O)[C@H](O)[C@H]4O)C(C)(C)[C@@H]3CC[C@]12C. The minimum atomic E-state index is -1.75. The predicted octanol–water partition coefficient (Wildman–Crippen LogP) is -0.924. The summed E-state index contributed by atoms with van der Waals surface area (Å²) in [5, 5.41) is 141. The Morgan fingerprint density at radius 2 is 1.21 bits per heavy atom. The second-order valence-corrected chi connectivity index (χ2v) is 24.8. The Bertz CT molecular complexity index is 1890. The van der Waals surface area contributed by atoms with Crippen molar-refractivity contribution in [3.05, 3.63) is 11.6 Å². The zero-order valence-corrected chi connectivity index (χ0v) is 43.7. The van der Waals surface area contributed by atoms with Gasteiger partial charge in [0.25, 0.3) is 0 Å². The van der Waals surface area contributed by atoms with Gasteiger partial charge in [-0.15, -0.1) is 0 Å². The molecule has 4 heterocycles. The first-order chi connectivity index (χ1) is 34.1. The maximum Gasteiger partial charge on any atom is 0.187 e. The lowest BCUT2D eigenvalue weighted by atomic mass is 9.35. The maximum absolute atomic E-state index is 12.8. The van der Waals surface area contributed by atoms with Crippen LogP contribution >= 0.6 is 0 Å². The summed E-state index contributed by atoms with van der Waals surface area (Å²) in [5.41, 5.74) is -1.17. The van der Waals surface area contributed by atoms with Gasteiger partial charge in [0.2, 0.25) is 0 Å². The van der Waals surface area contributed by atoms with Crippen molar-refractivity contribution in [2.24, 2.45) is 45.3 Å². The number of hydrogen-bond donors (Lipinski definition) is 13. The van der Waals surface area contributed by atoms with Crippen molar-refractivity contribution in [2.45, 2.75) is 242 Å². The van der Waals surface area contributed by atoms with Crippen LogP contribution in [0.3, 0.4) is 0 Å². The molecule has 0 aromatic heterocycles. The van der Waals surface area contributed by atoms with E-state index >= 15 is 0 Å². The number of allylic oxidation sites excluding steroid dienone is 2. The van der Waals surface area contributed by atoms with Crippen molar-refractivity contribution >= 4 is 0 Å². The van der Waals surface area contributed by atoms with Crippen LogP contribution in [-0.4, -0.2) is 221 Å². The average molecular weight is 1050 g/mol. The average Bonchev–Trinajstić information content (AvgIpc) is 3.72. The molecule has 28 atom stereocenters. The van der Waals surface area contributed by atoms with E-state index in [4.69, 9.17) is 37.9 Å². The summed E-state index contributed by atoms with van der Waals surface area (Å²) < 4.78 is 48.0. The minimum Gasteiger partial charge on any atom is -0.394 e. The fourth-order valence-corrected chi connectivity index (χ4v) is 15.7. The number of fused-ring (bicyclic) bond motifs is 5. The lowest BCUT2D eigenvalue weighted by Crippen LogP contribution is -2.67. The van der Waals surface area contributed by atoms with Gasteiger partial charge < -0.3 is 104 Å². The molecule has 4 saturated heterocycles. The number of aliphatic hydroxyl groups excluding tert-OH is 13. The van der Waals surface area contributed by atoms with Gasteiger partial charge in [-0.3, -0.25) is 0 Å². The molecule has 422 valence electrons. The third kappa shape index (κ3) is 10.3. The molecule has 4 aliphatic carbocycles. The molecule has 0 radical (unpaired) electrons. The van der Waals surface area contributed by atoms with Gasteiger partial charge in [0.1, 0.15) is 85.5 Å². The van der Waals surface area contributed by atoms with Gasteiger partial charge in [0.05, 0.1) is 44.2 Å². The quantitative estimate of drug-likeness (QED) is 0.0739. The second kappa shape index (κ2) is 21.9. The van der Waals surface area contributed by atoms with Gasteiger partial charge in [-0.1, -0.05) is 46.3 Å². The molecular weight excluding hydrogens is 961 g/mol. The highest BCUT2D eigenvalue weighted by Crippen LogP contribution is 2.76. The first-order valence-electron chi connectivity index (χ1n) is 26.7. The van der Waals surface area contributed by atoms with Crippen molar-refractivity contribution in [1.29, 1.82) is 0 Å². The van der Waals surface area contributed by atoms with E-state index in [0.29, 0.717) is 32.1 Å². The van der Waals surface area contributed by atoms with Crippen molar-refractivity contribution < 1.29 is 104 Å². The zero-order valence-electron chi connectivity index (χ0n) is 43.7. The highest BCUT2D eigenvalue weighted by molar-refractivity contribution is 5.20. The zero-order chi connectivity index (χ0) is 53.5. The monoisotopic (exact) mass is 1050 g/mol. The summed E-state index contributed by atoms with van der Waals surface area (Å²) in [6.07, 6.45) is -19.7. The molecule has 0 bridgehead atoms. The smallest absolute Gasteiger partial charge is 0.187 e. The van der Waals surface area contributed by atoms with E-state index in [1.807, 2.05) is 20.8 Å². The lowest BCUT2D eigenvalue weighted by Gasteiger charge is -2.71. The summed E-state index contributed by atoms with van der Waals surface area (Å²) in [5.74, 6) is -0.201. The van der Waals surface area contributed by atoms with Crippen LogP contribution in [0.15, 0.2) is 11.6 Å².